The molecule has 6 heteroatoms. The van der Waals surface area contributed by atoms with E-state index in [2.05, 4.69) is 5.32 Å². The first-order valence-corrected chi connectivity index (χ1v) is 5.16. The van der Waals surface area contributed by atoms with Crippen molar-refractivity contribution >= 4 is 12.6 Å². The second kappa shape index (κ2) is 4.73. The van der Waals surface area contributed by atoms with Crippen LogP contribution in [0.25, 0.3) is 0 Å². The molecule has 16 heavy (non-hydrogen) atoms. The molecule has 0 atom stereocenters. The van der Waals surface area contributed by atoms with Crippen molar-refractivity contribution < 1.29 is 19.5 Å². The first-order chi connectivity index (χ1) is 7.74. The summed E-state index contributed by atoms with van der Waals surface area (Å²) in [7, 11) is 0.311. The normalized spacial score (nSPS) is 12.9. The van der Waals surface area contributed by atoms with Crippen LogP contribution < -0.4 is 20.3 Å². The molecule has 0 bridgehead atoms. The van der Waals surface area contributed by atoms with E-state index in [1.54, 1.807) is 6.07 Å². The van der Waals surface area contributed by atoms with E-state index in [0.29, 0.717) is 23.4 Å². The van der Waals surface area contributed by atoms with Gasteiger partial charge in [-0.1, -0.05) is 6.07 Å². The summed E-state index contributed by atoms with van der Waals surface area (Å²) in [5.74, 6) is 1.01. The van der Waals surface area contributed by atoms with Gasteiger partial charge in [0.15, 0.2) is 11.5 Å². The van der Waals surface area contributed by atoms with E-state index in [9.17, 15) is 10.0 Å². The molecule has 0 saturated heterocycles. The molecule has 0 unspecified atom stereocenters. The molecule has 0 aromatic heterocycles. The fourth-order valence-electron chi connectivity index (χ4n) is 1.80. The van der Waals surface area contributed by atoms with E-state index < -0.39 is 7.12 Å². The van der Waals surface area contributed by atoms with Crippen molar-refractivity contribution in [1.29, 1.82) is 0 Å². The lowest BCUT2D eigenvalue weighted by Crippen LogP contribution is -2.34. The maximum Gasteiger partial charge on any atom is 0.492 e. The van der Waals surface area contributed by atoms with Crippen LogP contribution in [0.15, 0.2) is 12.1 Å². The quantitative estimate of drug-likeness (QED) is 0.562. The zero-order valence-electron chi connectivity index (χ0n) is 9.06. The predicted octanol–water partition coefficient (Wildman–Crippen LogP) is -1.14. The fourth-order valence-corrected chi connectivity index (χ4v) is 1.80. The Bertz CT molecular complexity index is 383. The number of likely N-dealkylation sites (N-methyl/N-ethyl adjacent to an activating group) is 1. The molecule has 0 radical (unpaired) electrons. The van der Waals surface area contributed by atoms with Crippen molar-refractivity contribution in [1.82, 2.24) is 5.32 Å². The Labute approximate surface area is 94.1 Å². The van der Waals surface area contributed by atoms with Crippen LogP contribution in [0, 0.1) is 0 Å². The van der Waals surface area contributed by atoms with Gasteiger partial charge in [-0.3, -0.25) is 0 Å². The van der Waals surface area contributed by atoms with Crippen LogP contribution in [0.2, 0.25) is 0 Å². The van der Waals surface area contributed by atoms with Crippen LogP contribution >= 0.6 is 0 Å². The Hall–Kier alpha value is -1.24. The maximum absolute atomic E-state index is 9.37. The molecule has 1 aliphatic rings. The third kappa shape index (κ3) is 1.99. The predicted molar refractivity (Wildman–Crippen MR) is 60.0 cm³/mol. The molecule has 1 aromatic rings. The molecular formula is C10H14BNO4. The summed E-state index contributed by atoms with van der Waals surface area (Å²) in [6.45, 7) is 0.893. The van der Waals surface area contributed by atoms with E-state index in [-0.39, 0.29) is 6.79 Å². The summed E-state index contributed by atoms with van der Waals surface area (Å²) in [5, 5.41) is 21.7. The van der Waals surface area contributed by atoms with Gasteiger partial charge in [-0.05, 0) is 31.6 Å². The molecule has 0 aliphatic carbocycles. The summed E-state index contributed by atoms with van der Waals surface area (Å²) in [4.78, 5) is 0. The van der Waals surface area contributed by atoms with Crippen LogP contribution in [-0.2, 0) is 6.42 Å². The largest absolute Gasteiger partial charge is 0.492 e. The monoisotopic (exact) mass is 223 g/mol. The number of nitrogens with one attached hydrogen (secondary N) is 1. The molecule has 3 N–H and O–H groups in total. The van der Waals surface area contributed by atoms with Crippen molar-refractivity contribution in [2.24, 2.45) is 0 Å². The summed E-state index contributed by atoms with van der Waals surface area (Å²) in [5.41, 5.74) is 1.26. The number of fused-ring (bicyclic) bond motifs is 1. The lowest BCUT2D eigenvalue weighted by molar-refractivity contribution is 0.174. The van der Waals surface area contributed by atoms with E-state index >= 15 is 0 Å². The Balaban J connectivity index is 2.37. The van der Waals surface area contributed by atoms with E-state index in [1.807, 2.05) is 13.1 Å². The second-order valence-corrected chi connectivity index (χ2v) is 3.60. The molecular weight excluding hydrogens is 209 g/mol. The second-order valence-electron chi connectivity index (χ2n) is 3.60. The van der Waals surface area contributed by atoms with Gasteiger partial charge in [0.25, 0.3) is 0 Å². The molecule has 0 amide bonds. The van der Waals surface area contributed by atoms with Gasteiger partial charge >= 0.3 is 7.12 Å². The van der Waals surface area contributed by atoms with Gasteiger partial charge in [-0.2, -0.15) is 0 Å². The molecule has 1 aromatic carbocycles. The highest BCUT2D eigenvalue weighted by atomic mass is 16.7. The minimum Gasteiger partial charge on any atom is -0.454 e. The highest BCUT2D eigenvalue weighted by Crippen LogP contribution is 2.31. The van der Waals surface area contributed by atoms with Crippen LogP contribution in [0.1, 0.15) is 5.56 Å². The van der Waals surface area contributed by atoms with Crippen LogP contribution in [0.4, 0.5) is 0 Å². The average Bonchev–Trinajstić information content (AvgIpc) is 2.72. The van der Waals surface area contributed by atoms with E-state index in [1.165, 1.54) is 0 Å². The zero-order valence-corrected chi connectivity index (χ0v) is 9.06. The summed E-state index contributed by atoms with van der Waals surface area (Å²) in [6.07, 6.45) is 0.708. The molecule has 1 aliphatic heterocycles. The van der Waals surface area contributed by atoms with E-state index in [4.69, 9.17) is 9.47 Å². The number of hydrogen-bond acceptors (Lipinski definition) is 5. The van der Waals surface area contributed by atoms with Gasteiger partial charge in [0, 0.05) is 5.46 Å². The number of rotatable bonds is 4. The summed E-state index contributed by atoms with van der Waals surface area (Å²) < 4.78 is 10.4. The smallest absolute Gasteiger partial charge is 0.454 e. The highest BCUT2D eigenvalue weighted by Gasteiger charge is 2.27. The first-order valence-electron chi connectivity index (χ1n) is 5.16. The van der Waals surface area contributed by atoms with Crippen molar-refractivity contribution in [3.05, 3.63) is 17.7 Å². The summed E-state index contributed by atoms with van der Waals surface area (Å²) in [6, 6.07) is 3.62. The van der Waals surface area contributed by atoms with Gasteiger partial charge in [0.1, 0.15) is 0 Å². The lowest BCUT2D eigenvalue weighted by Gasteiger charge is -2.11. The average molecular weight is 223 g/mol. The fraction of sp³-hybridized carbons (Fsp3) is 0.400. The van der Waals surface area contributed by atoms with Gasteiger partial charge in [-0.25, -0.2) is 0 Å². The minimum atomic E-state index is -1.54. The highest BCUT2D eigenvalue weighted by molar-refractivity contribution is 6.60. The molecule has 0 fully saturated rings. The number of ether oxygens (including phenoxy) is 2. The van der Waals surface area contributed by atoms with Crippen LogP contribution in [-0.4, -0.2) is 37.6 Å². The Kier molecular flexibility index (Phi) is 3.33. The first kappa shape index (κ1) is 11.3. The Morgan fingerprint density at radius 1 is 1.38 bits per heavy atom. The molecule has 0 spiro atoms. The third-order valence-corrected chi connectivity index (χ3v) is 2.57. The third-order valence-electron chi connectivity index (χ3n) is 2.57. The summed E-state index contributed by atoms with van der Waals surface area (Å²) >= 11 is 0. The lowest BCUT2D eigenvalue weighted by atomic mass is 9.75. The number of benzene rings is 1. The maximum atomic E-state index is 9.37. The zero-order chi connectivity index (χ0) is 11.5. The van der Waals surface area contributed by atoms with Gasteiger partial charge in [0.2, 0.25) is 6.79 Å². The van der Waals surface area contributed by atoms with Crippen molar-refractivity contribution in [3.8, 4) is 11.5 Å². The molecule has 5 nitrogen and oxygen atoms in total. The van der Waals surface area contributed by atoms with Crippen LogP contribution in [0.5, 0.6) is 11.5 Å². The van der Waals surface area contributed by atoms with E-state index in [0.717, 1.165) is 12.1 Å². The number of hydrogen-bond donors (Lipinski definition) is 3. The van der Waals surface area contributed by atoms with Crippen molar-refractivity contribution in [2.75, 3.05) is 20.4 Å². The van der Waals surface area contributed by atoms with Crippen molar-refractivity contribution in [3.63, 3.8) is 0 Å². The van der Waals surface area contributed by atoms with Gasteiger partial charge in [0.05, 0.1) is 0 Å². The molecule has 0 saturated carbocycles. The SMILES string of the molecule is CNCCc1ccc2c(c1B(O)O)OCO2. The minimum absolute atomic E-state index is 0.129. The van der Waals surface area contributed by atoms with Crippen LogP contribution in [0.3, 0.4) is 0 Å². The molecule has 86 valence electrons. The Morgan fingerprint density at radius 2 is 2.19 bits per heavy atom. The standard InChI is InChI=1S/C10H14BNO4/c1-12-5-4-7-2-3-8-10(16-6-15-8)9(7)11(13)14/h2-3,12-14H,4-6H2,1H3. The topological polar surface area (TPSA) is 71.0 Å². The van der Waals surface area contributed by atoms with Crippen molar-refractivity contribution in [2.45, 2.75) is 6.42 Å². The Morgan fingerprint density at radius 3 is 2.88 bits per heavy atom. The van der Waals surface area contributed by atoms with Gasteiger partial charge in [-0.15, -0.1) is 0 Å². The van der Waals surface area contributed by atoms with Gasteiger partial charge < -0.3 is 24.8 Å². The molecule has 1 heterocycles. The molecule has 2 rings (SSSR count).